The van der Waals surface area contributed by atoms with Gasteiger partial charge in [0.1, 0.15) is 35.2 Å². The minimum atomic E-state index is -1.78. The zero-order valence-electron chi connectivity index (χ0n) is 11.8. The monoisotopic (exact) mass is 333 g/mol. The van der Waals surface area contributed by atoms with Crippen molar-refractivity contribution in [3.8, 4) is 0 Å². The molecule has 1 aromatic rings. The van der Waals surface area contributed by atoms with E-state index in [-0.39, 0.29) is 5.88 Å². The van der Waals surface area contributed by atoms with Crippen LogP contribution in [0.3, 0.4) is 0 Å². The molecule has 3 rings (SSSR count). The zero-order valence-corrected chi connectivity index (χ0v) is 12.5. The highest BCUT2D eigenvalue weighted by molar-refractivity contribution is 6.18. The molecule has 0 aromatic carbocycles. The van der Waals surface area contributed by atoms with Crippen molar-refractivity contribution >= 4 is 23.3 Å². The van der Waals surface area contributed by atoms with Crippen molar-refractivity contribution in [2.45, 2.75) is 37.2 Å². The highest BCUT2D eigenvalue weighted by Gasteiger charge is 2.56. The number of aromatic nitrogens is 2. The van der Waals surface area contributed by atoms with Gasteiger partial charge in [-0.2, -0.15) is 0 Å². The average Bonchev–Trinajstić information content (AvgIpc) is 3.01. The summed E-state index contributed by atoms with van der Waals surface area (Å²) >= 11 is 5.75. The molecule has 0 saturated carbocycles. The predicted molar refractivity (Wildman–Crippen MR) is 77.4 cm³/mol. The number of imidazole rings is 1. The highest BCUT2D eigenvalue weighted by Crippen LogP contribution is 2.42. The SMILES string of the molecule is CC1=NC(N)c2ncn([C@@H]3O[C@@](CO)(CCl)[C@@H](O)[C@H]3F)c2N1. The first-order chi connectivity index (χ1) is 10.4. The molecule has 22 heavy (non-hydrogen) atoms. The molecule has 1 aromatic heterocycles. The number of anilines is 1. The van der Waals surface area contributed by atoms with Gasteiger partial charge in [0.2, 0.25) is 0 Å². The van der Waals surface area contributed by atoms with Crippen LogP contribution in [0.5, 0.6) is 0 Å². The minimum absolute atomic E-state index is 0.244. The third kappa shape index (κ3) is 2.12. The Bertz CT molecular complexity index is 606. The van der Waals surface area contributed by atoms with Gasteiger partial charge < -0.3 is 26.0 Å². The first-order valence-electron chi connectivity index (χ1n) is 6.74. The van der Waals surface area contributed by atoms with E-state index >= 15 is 0 Å². The van der Waals surface area contributed by atoms with Gasteiger partial charge in [-0.3, -0.25) is 4.57 Å². The van der Waals surface area contributed by atoms with Gasteiger partial charge in [0.25, 0.3) is 0 Å². The van der Waals surface area contributed by atoms with Gasteiger partial charge in [0, 0.05) is 0 Å². The number of nitrogens with zero attached hydrogens (tertiary/aromatic N) is 3. The summed E-state index contributed by atoms with van der Waals surface area (Å²) in [4.78, 5) is 8.24. The van der Waals surface area contributed by atoms with Crippen LogP contribution in [0.25, 0.3) is 0 Å². The molecule has 8 nitrogen and oxygen atoms in total. The van der Waals surface area contributed by atoms with Gasteiger partial charge in [-0.25, -0.2) is 14.4 Å². The highest BCUT2D eigenvalue weighted by atomic mass is 35.5. The van der Waals surface area contributed by atoms with Crippen LogP contribution in [0.2, 0.25) is 0 Å². The molecule has 3 heterocycles. The Morgan fingerprint density at radius 3 is 2.95 bits per heavy atom. The van der Waals surface area contributed by atoms with E-state index in [0.717, 1.165) is 0 Å². The van der Waals surface area contributed by atoms with E-state index in [2.05, 4.69) is 15.3 Å². The van der Waals surface area contributed by atoms with Gasteiger partial charge in [-0.05, 0) is 6.92 Å². The van der Waals surface area contributed by atoms with Crippen molar-refractivity contribution in [1.29, 1.82) is 0 Å². The number of fused-ring (bicyclic) bond motifs is 1. The van der Waals surface area contributed by atoms with E-state index < -0.39 is 36.9 Å². The van der Waals surface area contributed by atoms with Gasteiger partial charge in [-0.15, -0.1) is 11.6 Å². The van der Waals surface area contributed by atoms with E-state index in [1.165, 1.54) is 10.9 Å². The van der Waals surface area contributed by atoms with Crippen LogP contribution in [-0.2, 0) is 4.74 Å². The largest absolute Gasteiger partial charge is 0.393 e. The molecule has 2 aliphatic rings. The van der Waals surface area contributed by atoms with E-state index in [1.54, 1.807) is 6.92 Å². The quantitative estimate of drug-likeness (QED) is 0.573. The van der Waals surface area contributed by atoms with Crippen LogP contribution in [0.15, 0.2) is 11.3 Å². The number of halogens is 2. The second-order valence-electron chi connectivity index (χ2n) is 5.42. The number of hydrogen-bond acceptors (Lipinski definition) is 7. The van der Waals surface area contributed by atoms with Crippen molar-refractivity contribution in [1.82, 2.24) is 9.55 Å². The lowest BCUT2D eigenvalue weighted by molar-refractivity contribution is -0.113. The fourth-order valence-corrected chi connectivity index (χ4v) is 3.01. The molecule has 5 N–H and O–H groups in total. The summed E-state index contributed by atoms with van der Waals surface area (Å²) < 4.78 is 21.4. The molecule has 0 radical (unpaired) electrons. The van der Waals surface area contributed by atoms with E-state index in [4.69, 9.17) is 22.1 Å². The van der Waals surface area contributed by atoms with Crippen LogP contribution >= 0.6 is 11.6 Å². The summed E-state index contributed by atoms with van der Waals surface area (Å²) in [5.74, 6) is 0.760. The fourth-order valence-electron chi connectivity index (χ4n) is 2.70. The summed E-state index contributed by atoms with van der Waals surface area (Å²) in [6, 6.07) is 0. The molecule has 10 heteroatoms. The number of alkyl halides is 2. The zero-order chi connectivity index (χ0) is 16.1. The third-order valence-electron chi connectivity index (χ3n) is 3.97. The molecule has 0 bridgehead atoms. The average molecular weight is 334 g/mol. The maximum Gasteiger partial charge on any atom is 0.174 e. The molecule has 1 unspecified atom stereocenters. The Labute approximate surface area is 130 Å². The van der Waals surface area contributed by atoms with Crippen molar-refractivity contribution in [2.75, 3.05) is 17.8 Å². The number of hydrogen-bond donors (Lipinski definition) is 4. The second kappa shape index (κ2) is 5.43. The van der Waals surface area contributed by atoms with Crippen LogP contribution in [0, 0.1) is 0 Å². The van der Waals surface area contributed by atoms with Gasteiger partial charge >= 0.3 is 0 Å². The van der Waals surface area contributed by atoms with Gasteiger partial charge in [0.15, 0.2) is 12.4 Å². The molecule has 122 valence electrons. The molecule has 0 spiro atoms. The molecule has 0 amide bonds. The van der Waals surface area contributed by atoms with Crippen molar-refractivity contribution < 1.29 is 19.3 Å². The Hall–Kier alpha value is -1.26. The molecule has 1 fully saturated rings. The van der Waals surface area contributed by atoms with E-state index in [1.807, 2.05) is 0 Å². The standard InChI is InChI=1S/C12H17ClFN5O3/c1-5-17-9(15)7-10(18-5)19(4-16-7)11-6(14)8(21)12(2-13,3-20)22-11/h4,6,8-9,11,20-21H,2-3,15H2,1H3,(H,17,18)/t6-,8+,9?,11-,12-/m1/s1. The summed E-state index contributed by atoms with van der Waals surface area (Å²) in [5.41, 5.74) is 4.76. The number of aliphatic hydroxyl groups excluding tert-OH is 2. The van der Waals surface area contributed by atoms with E-state index in [0.29, 0.717) is 17.3 Å². The number of aliphatic imine (C=N–C) groups is 1. The lowest BCUT2D eigenvalue weighted by atomic mass is 9.99. The number of nitrogens with one attached hydrogen (secondary N) is 1. The second-order valence-corrected chi connectivity index (χ2v) is 5.69. The van der Waals surface area contributed by atoms with Crippen molar-refractivity contribution in [2.24, 2.45) is 10.7 Å². The third-order valence-corrected chi connectivity index (χ3v) is 4.42. The van der Waals surface area contributed by atoms with Crippen LogP contribution < -0.4 is 11.1 Å². The van der Waals surface area contributed by atoms with Crippen LogP contribution in [-0.4, -0.2) is 56.0 Å². The maximum atomic E-state index is 14.5. The number of aliphatic hydroxyl groups is 2. The molecular weight excluding hydrogens is 317 g/mol. The van der Waals surface area contributed by atoms with E-state index in [9.17, 15) is 14.6 Å². The van der Waals surface area contributed by atoms with Crippen molar-refractivity contribution in [3.05, 3.63) is 12.0 Å². The maximum absolute atomic E-state index is 14.5. The lowest BCUT2D eigenvalue weighted by Gasteiger charge is -2.27. The van der Waals surface area contributed by atoms with Crippen LogP contribution in [0.1, 0.15) is 25.0 Å². The number of nitrogens with two attached hydrogens (primary N) is 1. The summed E-state index contributed by atoms with van der Waals surface area (Å²) in [5, 5.41) is 22.4. The van der Waals surface area contributed by atoms with Crippen LogP contribution in [0.4, 0.5) is 10.2 Å². The smallest absolute Gasteiger partial charge is 0.174 e. The lowest BCUT2D eigenvalue weighted by Crippen LogP contribution is -2.47. The van der Waals surface area contributed by atoms with Gasteiger partial charge in [0.05, 0.1) is 18.8 Å². The first-order valence-corrected chi connectivity index (χ1v) is 7.27. The molecule has 1 saturated heterocycles. The predicted octanol–water partition coefficient (Wildman–Crippen LogP) is -0.118. The number of rotatable bonds is 3. The topological polar surface area (TPSA) is 118 Å². The number of amidine groups is 1. The Morgan fingerprint density at radius 2 is 2.36 bits per heavy atom. The molecule has 5 atom stereocenters. The molecular formula is C12H17ClFN5O3. The normalized spacial score (nSPS) is 37.6. The molecule has 0 aliphatic carbocycles. The number of ether oxygens (including phenoxy) is 1. The minimum Gasteiger partial charge on any atom is -0.393 e. The van der Waals surface area contributed by atoms with Gasteiger partial charge in [-0.1, -0.05) is 0 Å². The van der Waals surface area contributed by atoms with Crippen molar-refractivity contribution in [3.63, 3.8) is 0 Å². The summed E-state index contributed by atoms with van der Waals surface area (Å²) in [6.07, 6.45) is -3.80. The Morgan fingerprint density at radius 1 is 1.64 bits per heavy atom. The first kappa shape index (κ1) is 15.6. The Balaban J connectivity index is 1.97. The summed E-state index contributed by atoms with van der Waals surface area (Å²) in [7, 11) is 0. The molecule has 2 aliphatic heterocycles. The summed E-state index contributed by atoms with van der Waals surface area (Å²) in [6.45, 7) is 1.12. The Kier molecular flexibility index (Phi) is 3.86. The fraction of sp³-hybridized carbons (Fsp3) is 0.667.